The molecule has 0 N–H and O–H groups in total. The van der Waals surface area contributed by atoms with Gasteiger partial charge in [-0.2, -0.15) is 4.65 Å². The Morgan fingerprint density at radius 3 is 1.25 bits per heavy atom. The first-order chi connectivity index (χ1) is 5.15. The summed E-state index contributed by atoms with van der Waals surface area (Å²) in [6.07, 6.45) is -0.102. The van der Waals surface area contributed by atoms with Crippen LogP contribution in [0.3, 0.4) is 0 Å². The monoisotopic (exact) mass is 177 g/mol. The molecule has 0 atom stereocenters. The maximum Gasteiger partial charge on any atom is 0.111 e. The first-order valence-corrected chi connectivity index (χ1v) is 4.31. The number of hydroxylamine groups is 3. The van der Waals surface area contributed by atoms with E-state index in [4.69, 9.17) is 4.84 Å². The minimum Gasteiger partial charge on any atom is -0.852 e. The summed E-state index contributed by atoms with van der Waals surface area (Å²) in [6, 6.07) is 0. The average molecular weight is 177 g/mol. The molecule has 0 rings (SSSR count). The van der Waals surface area contributed by atoms with Crippen molar-refractivity contribution in [1.29, 1.82) is 0 Å². The molecule has 0 fully saturated rings. The largest absolute Gasteiger partial charge is 0.852 e. The molecular formula is C9H23NO2. The van der Waals surface area contributed by atoms with Crippen LogP contribution in [0, 0.1) is 0 Å². The molecule has 0 unspecified atom stereocenters. The molecule has 12 heavy (non-hydrogen) atoms. The molecule has 3 heteroatoms. The molecule has 3 nitrogen and oxygen atoms in total. The van der Waals surface area contributed by atoms with Crippen molar-refractivity contribution >= 4 is 0 Å². The lowest BCUT2D eigenvalue weighted by molar-refractivity contribution is -1.07. The van der Waals surface area contributed by atoms with Gasteiger partial charge in [0.25, 0.3) is 0 Å². The van der Waals surface area contributed by atoms with E-state index in [-0.39, 0.29) is 0 Å². The van der Waals surface area contributed by atoms with Gasteiger partial charge in [-0.25, -0.2) is 4.84 Å². The van der Waals surface area contributed by atoms with Gasteiger partial charge in [-0.15, -0.1) is 6.10 Å². The van der Waals surface area contributed by atoms with Crippen molar-refractivity contribution < 1.29 is 14.6 Å². The molecule has 0 aromatic rings. The Bertz CT molecular complexity index is 92.4. The van der Waals surface area contributed by atoms with Crippen LogP contribution >= 0.6 is 0 Å². The second-order valence-electron chi connectivity index (χ2n) is 4.09. The summed E-state index contributed by atoms with van der Waals surface area (Å²) in [7, 11) is 6.00. The van der Waals surface area contributed by atoms with Crippen molar-refractivity contribution in [3.8, 4) is 0 Å². The molecule has 0 spiro atoms. The molecule has 0 amide bonds. The van der Waals surface area contributed by atoms with E-state index >= 15 is 0 Å². The van der Waals surface area contributed by atoms with Crippen LogP contribution in [0.25, 0.3) is 0 Å². The van der Waals surface area contributed by atoms with Crippen LogP contribution in [0.1, 0.15) is 27.7 Å². The SMILES string of the molecule is CC(C)O[N+](C)(C)C.CC(C)[O-]. The van der Waals surface area contributed by atoms with Gasteiger partial charge in [0, 0.05) is 0 Å². The van der Waals surface area contributed by atoms with Gasteiger partial charge in [0.15, 0.2) is 0 Å². The Morgan fingerprint density at radius 2 is 1.25 bits per heavy atom. The lowest BCUT2D eigenvalue weighted by Crippen LogP contribution is -2.36. The second kappa shape index (κ2) is 6.40. The normalized spacial score (nSPS) is 11.5. The van der Waals surface area contributed by atoms with Crippen LogP contribution in [0.4, 0.5) is 0 Å². The van der Waals surface area contributed by atoms with Crippen molar-refractivity contribution in [3.63, 3.8) is 0 Å². The van der Waals surface area contributed by atoms with Gasteiger partial charge in [0.2, 0.25) is 0 Å². The van der Waals surface area contributed by atoms with Crippen LogP contribution in [-0.4, -0.2) is 38.0 Å². The van der Waals surface area contributed by atoms with E-state index in [0.717, 1.165) is 0 Å². The third-order valence-corrected chi connectivity index (χ3v) is 0.527. The predicted octanol–water partition coefficient (Wildman–Crippen LogP) is 0.788. The molecule has 76 valence electrons. The highest BCUT2D eigenvalue weighted by molar-refractivity contribution is 4.25. The van der Waals surface area contributed by atoms with Crippen molar-refractivity contribution in [2.24, 2.45) is 0 Å². The van der Waals surface area contributed by atoms with Crippen molar-refractivity contribution in [3.05, 3.63) is 0 Å². The van der Waals surface area contributed by atoms with E-state index in [1.54, 1.807) is 13.8 Å². The molecule has 0 aliphatic carbocycles. The molecule has 0 aliphatic rings. The lowest BCUT2D eigenvalue weighted by atomic mass is 10.5. The van der Waals surface area contributed by atoms with Crippen molar-refractivity contribution in [1.82, 2.24) is 0 Å². The number of nitrogens with zero attached hydrogens (tertiary/aromatic N) is 1. The lowest BCUT2D eigenvalue weighted by Gasteiger charge is -2.23. The fourth-order valence-corrected chi connectivity index (χ4v) is 0.632. The highest BCUT2D eigenvalue weighted by Crippen LogP contribution is 1.97. The van der Waals surface area contributed by atoms with Gasteiger partial charge < -0.3 is 5.11 Å². The third kappa shape index (κ3) is 32.7. The maximum absolute atomic E-state index is 9.53. The van der Waals surface area contributed by atoms with Crippen LogP contribution in [-0.2, 0) is 4.84 Å². The zero-order chi connectivity index (χ0) is 10.4. The van der Waals surface area contributed by atoms with Gasteiger partial charge in [-0.05, 0) is 13.8 Å². The topological polar surface area (TPSA) is 32.3 Å². The number of hydrogen-bond acceptors (Lipinski definition) is 2. The first-order valence-electron chi connectivity index (χ1n) is 4.31. The van der Waals surface area contributed by atoms with Gasteiger partial charge in [-0.1, -0.05) is 13.8 Å². The van der Waals surface area contributed by atoms with Gasteiger partial charge >= 0.3 is 0 Å². The molecule has 0 radical (unpaired) electrons. The smallest absolute Gasteiger partial charge is 0.111 e. The van der Waals surface area contributed by atoms with E-state index in [9.17, 15) is 5.11 Å². The summed E-state index contributed by atoms with van der Waals surface area (Å²) in [5, 5.41) is 9.53. The van der Waals surface area contributed by atoms with E-state index in [0.29, 0.717) is 10.8 Å². The summed E-state index contributed by atoms with van der Waals surface area (Å²) >= 11 is 0. The van der Waals surface area contributed by atoms with Gasteiger partial charge in [0.05, 0.1) is 21.1 Å². The molecule has 0 heterocycles. The standard InChI is InChI=1S/C6H16NO.C3H7O/c1-6(2)8-7(3,4)5;1-3(2)4/h6H,1-5H3;3H,1-2H3/q+1;-1. The van der Waals surface area contributed by atoms with E-state index in [1.807, 2.05) is 35.0 Å². The summed E-state index contributed by atoms with van der Waals surface area (Å²) in [4.78, 5) is 5.38. The average Bonchev–Trinajstić information content (AvgIpc) is 1.52. The Hall–Kier alpha value is -0.120. The Balaban J connectivity index is 0. The van der Waals surface area contributed by atoms with Crippen LogP contribution in [0.5, 0.6) is 0 Å². The number of quaternary nitrogens is 1. The molecule has 0 bridgehead atoms. The minimum absolute atomic E-state index is 0.315. The third-order valence-electron chi connectivity index (χ3n) is 0.527. The van der Waals surface area contributed by atoms with Crippen LogP contribution < -0.4 is 5.11 Å². The molecule has 0 aromatic heterocycles. The van der Waals surface area contributed by atoms with E-state index in [1.165, 1.54) is 0 Å². The molecule has 0 saturated carbocycles. The number of hydrogen-bond donors (Lipinski definition) is 0. The summed E-state index contributed by atoms with van der Waals surface area (Å²) in [6.45, 7) is 7.28. The summed E-state index contributed by atoms with van der Waals surface area (Å²) in [5.41, 5.74) is 0. The minimum atomic E-state index is -0.417. The van der Waals surface area contributed by atoms with Crippen LogP contribution in [0.15, 0.2) is 0 Å². The zero-order valence-electron chi connectivity index (χ0n) is 9.42. The Kier molecular flexibility index (Phi) is 7.69. The van der Waals surface area contributed by atoms with Crippen molar-refractivity contribution in [2.45, 2.75) is 39.9 Å². The zero-order valence-corrected chi connectivity index (χ0v) is 9.42. The fourth-order valence-electron chi connectivity index (χ4n) is 0.632. The van der Waals surface area contributed by atoms with Crippen molar-refractivity contribution in [2.75, 3.05) is 21.1 Å². The molecule has 0 aliphatic heterocycles. The van der Waals surface area contributed by atoms with E-state index < -0.39 is 6.10 Å². The first kappa shape index (κ1) is 14.4. The summed E-state index contributed by atoms with van der Waals surface area (Å²) < 4.78 is 0.581. The molecular weight excluding hydrogens is 154 g/mol. The van der Waals surface area contributed by atoms with Gasteiger partial charge in [0.1, 0.15) is 6.10 Å². The Labute approximate surface area is 76.5 Å². The molecule has 0 aromatic carbocycles. The second-order valence-corrected chi connectivity index (χ2v) is 4.09. The Morgan fingerprint density at radius 1 is 1.00 bits per heavy atom. The predicted molar refractivity (Wildman–Crippen MR) is 49.4 cm³/mol. The summed E-state index contributed by atoms with van der Waals surface area (Å²) in [5.74, 6) is 0. The van der Waals surface area contributed by atoms with Crippen LogP contribution in [0.2, 0.25) is 0 Å². The maximum atomic E-state index is 9.53. The van der Waals surface area contributed by atoms with E-state index in [2.05, 4.69) is 0 Å². The highest BCUT2D eigenvalue weighted by atomic mass is 16.7. The quantitative estimate of drug-likeness (QED) is 0.461. The number of rotatable bonds is 2. The van der Waals surface area contributed by atoms with Gasteiger partial charge in [-0.3, -0.25) is 0 Å². The molecule has 0 saturated heterocycles. The highest BCUT2D eigenvalue weighted by Gasteiger charge is 2.09. The fraction of sp³-hybridized carbons (Fsp3) is 1.00.